The smallest absolute Gasteiger partial charge is 0.292 e. The first-order chi connectivity index (χ1) is 14.8. The molecule has 0 saturated heterocycles. The Morgan fingerprint density at radius 3 is 2.74 bits per heavy atom. The van der Waals surface area contributed by atoms with Gasteiger partial charge in [-0.25, -0.2) is 9.67 Å². The van der Waals surface area contributed by atoms with Gasteiger partial charge >= 0.3 is 6.18 Å². The van der Waals surface area contributed by atoms with Crippen molar-refractivity contribution in [2.45, 2.75) is 51.4 Å². The van der Waals surface area contributed by atoms with Gasteiger partial charge in [0, 0.05) is 16.3 Å². The third-order valence-electron chi connectivity index (χ3n) is 5.09. The van der Waals surface area contributed by atoms with Gasteiger partial charge in [-0.05, 0) is 43.4 Å². The zero-order chi connectivity index (χ0) is 22.0. The average molecular weight is 453 g/mol. The van der Waals surface area contributed by atoms with Crippen LogP contribution in [-0.4, -0.2) is 30.5 Å². The van der Waals surface area contributed by atoms with E-state index in [1.54, 1.807) is 12.1 Å². The fraction of sp³-hybridized carbons (Fsp3) is 0.400. The zero-order valence-corrected chi connectivity index (χ0v) is 17.2. The van der Waals surface area contributed by atoms with Gasteiger partial charge in [-0.2, -0.15) is 18.3 Å². The summed E-state index contributed by atoms with van der Waals surface area (Å²) in [4.78, 5) is 16.5. The SMILES string of the molecule is O=C(Cn1nc(C(F)(F)F)c2c1CCCCC2)Nc1ncn(Cc2cccc(Cl)c2)n1. The molecular formula is C20H20ClF3N6O. The van der Waals surface area contributed by atoms with E-state index < -0.39 is 17.8 Å². The number of nitrogens with zero attached hydrogens (tertiary/aromatic N) is 5. The highest BCUT2D eigenvalue weighted by Crippen LogP contribution is 2.35. The van der Waals surface area contributed by atoms with Crippen LogP contribution >= 0.6 is 11.6 Å². The number of nitrogens with one attached hydrogen (secondary N) is 1. The molecule has 164 valence electrons. The predicted octanol–water partition coefficient (Wildman–Crippen LogP) is 4.10. The number of fused-ring (bicyclic) bond motifs is 1. The number of halogens is 4. The van der Waals surface area contributed by atoms with Crippen molar-refractivity contribution in [1.82, 2.24) is 24.5 Å². The van der Waals surface area contributed by atoms with E-state index in [1.807, 2.05) is 12.1 Å². The van der Waals surface area contributed by atoms with Gasteiger partial charge in [-0.1, -0.05) is 30.2 Å². The van der Waals surface area contributed by atoms with E-state index in [0.29, 0.717) is 36.5 Å². The Kier molecular flexibility index (Phi) is 5.99. The second-order valence-electron chi connectivity index (χ2n) is 7.43. The monoisotopic (exact) mass is 452 g/mol. The number of hydrogen-bond donors (Lipinski definition) is 1. The van der Waals surface area contributed by atoms with E-state index in [1.165, 1.54) is 15.7 Å². The molecule has 0 radical (unpaired) electrons. The summed E-state index contributed by atoms with van der Waals surface area (Å²) in [7, 11) is 0. The first-order valence-electron chi connectivity index (χ1n) is 9.89. The maximum atomic E-state index is 13.4. The minimum absolute atomic E-state index is 0.0707. The Balaban J connectivity index is 1.46. The summed E-state index contributed by atoms with van der Waals surface area (Å²) in [6.07, 6.45) is 0.00960. The van der Waals surface area contributed by atoms with Gasteiger partial charge in [0.15, 0.2) is 5.69 Å². The molecule has 0 aliphatic heterocycles. The normalized spacial score (nSPS) is 14.2. The molecule has 2 aromatic heterocycles. The van der Waals surface area contributed by atoms with Gasteiger partial charge in [-0.3, -0.25) is 14.8 Å². The second-order valence-corrected chi connectivity index (χ2v) is 7.87. The molecule has 0 saturated carbocycles. The first-order valence-corrected chi connectivity index (χ1v) is 10.3. The van der Waals surface area contributed by atoms with E-state index in [-0.39, 0.29) is 18.1 Å². The van der Waals surface area contributed by atoms with Crippen molar-refractivity contribution in [2.75, 3.05) is 5.32 Å². The highest BCUT2D eigenvalue weighted by molar-refractivity contribution is 6.30. The lowest BCUT2D eigenvalue weighted by Crippen LogP contribution is -2.22. The van der Waals surface area contributed by atoms with Gasteiger partial charge in [0.05, 0.1) is 6.54 Å². The highest BCUT2D eigenvalue weighted by atomic mass is 35.5. The number of carbonyl (C=O) groups is 1. The number of aromatic nitrogens is 5. The molecule has 1 N–H and O–H groups in total. The summed E-state index contributed by atoms with van der Waals surface area (Å²) < 4.78 is 42.9. The molecule has 0 fully saturated rings. The van der Waals surface area contributed by atoms with Crippen molar-refractivity contribution in [3.8, 4) is 0 Å². The van der Waals surface area contributed by atoms with Crippen LogP contribution in [0, 0.1) is 0 Å². The maximum absolute atomic E-state index is 13.4. The molecule has 1 aromatic carbocycles. The third kappa shape index (κ3) is 5.07. The standard InChI is InChI=1S/C20H20ClF3N6O/c21-14-6-4-5-13(9-14)10-29-12-25-19(28-29)26-17(31)11-30-16-8-3-1-2-7-15(16)18(27-30)20(22,23)24/h4-6,9,12H,1-3,7-8,10-11H2,(H,26,28,31). The molecule has 4 rings (SSSR count). The van der Waals surface area contributed by atoms with Crippen LogP contribution in [0.25, 0.3) is 0 Å². The number of amides is 1. The number of rotatable bonds is 5. The molecule has 3 aromatic rings. The second kappa shape index (κ2) is 8.70. The Labute approximate surface area is 181 Å². The quantitative estimate of drug-likeness (QED) is 0.591. The van der Waals surface area contributed by atoms with Crippen molar-refractivity contribution in [2.24, 2.45) is 0 Å². The largest absolute Gasteiger partial charge is 0.435 e. The Morgan fingerprint density at radius 1 is 1.16 bits per heavy atom. The number of carbonyl (C=O) groups excluding carboxylic acids is 1. The number of benzene rings is 1. The van der Waals surface area contributed by atoms with Gasteiger partial charge in [0.25, 0.3) is 0 Å². The lowest BCUT2D eigenvalue weighted by atomic mass is 10.1. The highest BCUT2D eigenvalue weighted by Gasteiger charge is 2.39. The fourth-order valence-electron chi connectivity index (χ4n) is 3.76. The van der Waals surface area contributed by atoms with Crippen LogP contribution in [0.2, 0.25) is 5.02 Å². The minimum Gasteiger partial charge on any atom is -0.292 e. The van der Waals surface area contributed by atoms with Crippen LogP contribution < -0.4 is 5.32 Å². The van der Waals surface area contributed by atoms with Crippen LogP contribution in [-0.2, 0) is 36.9 Å². The summed E-state index contributed by atoms with van der Waals surface area (Å²) in [5, 5.41) is 11.0. The average Bonchev–Trinajstić information content (AvgIpc) is 3.17. The Morgan fingerprint density at radius 2 is 1.97 bits per heavy atom. The molecule has 0 atom stereocenters. The molecule has 11 heteroatoms. The molecule has 2 heterocycles. The van der Waals surface area contributed by atoms with Crippen LogP contribution in [0.3, 0.4) is 0 Å². The van der Waals surface area contributed by atoms with Crippen LogP contribution in [0.15, 0.2) is 30.6 Å². The Hall–Kier alpha value is -2.88. The summed E-state index contributed by atoms with van der Waals surface area (Å²) in [5.41, 5.74) is 0.719. The molecule has 0 spiro atoms. The Bertz CT molecular complexity index is 1090. The molecule has 1 amide bonds. The van der Waals surface area contributed by atoms with Crippen molar-refractivity contribution in [3.63, 3.8) is 0 Å². The first kappa shape index (κ1) is 21.4. The maximum Gasteiger partial charge on any atom is 0.435 e. The van der Waals surface area contributed by atoms with Crippen molar-refractivity contribution in [3.05, 3.63) is 58.1 Å². The molecular weight excluding hydrogens is 433 g/mol. The van der Waals surface area contributed by atoms with Crippen molar-refractivity contribution < 1.29 is 18.0 Å². The summed E-state index contributed by atoms with van der Waals surface area (Å²) in [5.74, 6) is -0.468. The van der Waals surface area contributed by atoms with E-state index in [2.05, 4.69) is 20.5 Å². The van der Waals surface area contributed by atoms with E-state index in [4.69, 9.17) is 11.6 Å². The molecule has 0 unspecified atom stereocenters. The lowest BCUT2D eigenvalue weighted by Gasteiger charge is -2.07. The van der Waals surface area contributed by atoms with Crippen molar-refractivity contribution >= 4 is 23.5 Å². The van der Waals surface area contributed by atoms with Gasteiger partial charge in [0.2, 0.25) is 11.9 Å². The van der Waals surface area contributed by atoms with E-state index >= 15 is 0 Å². The predicted molar refractivity (Wildman–Crippen MR) is 108 cm³/mol. The van der Waals surface area contributed by atoms with Crippen LogP contribution in [0.1, 0.15) is 41.8 Å². The topological polar surface area (TPSA) is 77.6 Å². The van der Waals surface area contributed by atoms with Gasteiger partial charge in [0.1, 0.15) is 12.9 Å². The molecule has 1 aliphatic carbocycles. The van der Waals surface area contributed by atoms with Crippen LogP contribution in [0.4, 0.5) is 19.1 Å². The molecule has 7 nitrogen and oxygen atoms in total. The number of alkyl halides is 3. The summed E-state index contributed by atoms with van der Waals surface area (Å²) in [6, 6.07) is 7.26. The zero-order valence-electron chi connectivity index (χ0n) is 16.5. The van der Waals surface area contributed by atoms with Crippen molar-refractivity contribution in [1.29, 1.82) is 0 Å². The number of hydrogen-bond acceptors (Lipinski definition) is 4. The van der Waals surface area contributed by atoms with E-state index in [0.717, 1.165) is 18.4 Å². The lowest BCUT2D eigenvalue weighted by molar-refractivity contribution is -0.142. The summed E-state index contributed by atoms with van der Waals surface area (Å²) in [6.45, 7) is 0.0757. The van der Waals surface area contributed by atoms with E-state index in [9.17, 15) is 18.0 Å². The molecule has 0 bridgehead atoms. The minimum atomic E-state index is -4.54. The van der Waals surface area contributed by atoms with Gasteiger partial charge in [-0.15, -0.1) is 5.10 Å². The summed E-state index contributed by atoms with van der Waals surface area (Å²) >= 11 is 5.97. The van der Waals surface area contributed by atoms with Crippen LogP contribution in [0.5, 0.6) is 0 Å². The number of anilines is 1. The fourth-order valence-corrected chi connectivity index (χ4v) is 3.97. The molecule has 1 aliphatic rings. The van der Waals surface area contributed by atoms with Gasteiger partial charge < -0.3 is 0 Å². The third-order valence-corrected chi connectivity index (χ3v) is 5.33. The molecule has 31 heavy (non-hydrogen) atoms.